The van der Waals surface area contributed by atoms with Crippen molar-refractivity contribution in [2.24, 2.45) is 0 Å². The van der Waals surface area contributed by atoms with Crippen molar-refractivity contribution in [3.05, 3.63) is 71.9 Å². The molecule has 2 aromatic carbocycles. The number of nitrogens with zero attached hydrogens (tertiary/aromatic N) is 3. The van der Waals surface area contributed by atoms with E-state index in [1.807, 2.05) is 36.5 Å². The molecule has 1 N–H and O–H groups in total. The lowest BCUT2D eigenvalue weighted by Crippen LogP contribution is -2.44. The van der Waals surface area contributed by atoms with Crippen LogP contribution in [0, 0.1) is 0 Å². The second-order valence-electron chi connectivity index (χ2n) is 7.77. The highest BCUT2D eigenvalue weighted by Crippen LogP contribution is 2.35. The van der Waals surface area contributed by atoms with Gasteiger partial charge in [0.25, 0.3) is 5.91 Å². The van der Waals surface area contributed by atoms with Crippen molar-refractivity contribution in [1.82, 2.24) is 20.3 Å². The maximum Gasteiger partial charge on any atom is 0.416 e. The number of hydrogen-bond acceptors (Lipinski definition) is 5. The zero-order valence-electron chi connectivity index (χ0n) is 16.7. The SMILES string of the molecule is O=C(N[C@H]1CO[C@H]2[C@H]1OC[C@H]2n1cc(-c2ccccc2)nn1)c1ccc(C(F)(F)F)cc1. The summed E-state index contributed by atoms with van der Waals surface area (Å²) >= 11 is 0. The Morgan fingerprint density at radius 1 is 1.00 bits per heavy atom. The lowest BCUT2D eigenvalue weighted by Gasteiger charge is -2.18. The molecule has 2 aliphatic rings. The Bertz CT molecular complexity index is 1100. The monoisotopic (exact) mass is 444 g/mol. The van der Waals surface area contributed by atoms with E-state index >= 15 is 0 Å². The highest BCUT2D eigenvalue weighted by atomic mass is 19.4. The second-order valence-corrected chi connectivity index (χ2v) is 7.77. The fourth-order valence-corrected chi connectivity index (χ4v) is 4.07. The summed E-state index contributed by atoms with van der Waals surface area (Å²) in [5, 5.41) is 11.3. The summed E-state index contributed by atoms with van der Waals surface area (Å²) < 4.78 is 51.7. The van der Waals surface area contributed by atoms with Gasteiger partial charge in [0.1, 0.15) is 23.9 Å². The number of carbonyl (C=O) groups excluding carboxylic acids is 1. The van der Waals surface area contributed by atoms with Crippen LogP contribution in [0.25, 0.3) is 11.3 Å². The third-order valence-corrected chi connectivity index (χ3v) is 5.74. The summed E-state index contributed by atoms with van der Waals surface area (Å²) in [6.07, 6.45) is -3.32. The molecular weight excluding hydrogens is 425 g/mol. The average molecular weight is 444 g/mol. The molecule has 0 unspecified atom stereocenters. The van der Waals surface area contributed by atoms with Crippen molar-refractivity contribution in [2.75, 3.05) is 13.2 Å². The number of carbonyl (C=O) groups is 1. The maximum atomic E-state index is 12.7. The van der Waals surface area contributed by atoms with E-state index in [-0.39, 0.29) is 30.4 Å². The molecule has 7 nitrogen and oxygen atoms in total. The highest BCUT2D eigenvalue weighted by molar-refractivity contribution is 5.94. The fraction of sp³-hybridized carbons (Fsp3) is 0.318. The van der Waals surface area contributed by atoms with Crippen LogP contribution in [0.2, 0.25) is 0 Å². The van der Waals surface area contributed by atoms with Gasteiger partial charge in [0.2, 0.25) is 0 Å². The normalized spacial score (nSPS) is 25.0. The number of ether oxygens (including phenoxy) is 2. The molecule has 0 spiro atoms. The van der Waals surface area contributed by atoms with Gasteiger partial charge in [0.05, 0.1) is 31.0 Å². The summed E-state index contributed by atoms with van der Waals surface area (Å²) in [5.74, 6) is -0.479. The molecule has 2 saturated heterocycles. The molecule has 1 amide bonds. The Labute approximate surface area is 181 Å². The van der Waals surface area contributed by atoms with Crippen LogP contribution >= 0.6 is 0 Å². The minimum atomic E-state index is -4.45. The number of alkyl halides is 3. The van der Waals surface area contributed by atoms with E-state index in [0.29, 0.717) is 6.61 Å². The molecule has 0 radical (unpaired) electrons. The van der Waals surface area contributed by atoms with Gasteiger partial charge >= 0.3 is 6.18 Å². The van der Waals surface area contributed by atoms with E-state index in [1.165, 1.54) is 0 Å². The summed E-state index contributed by atoms with van der Waals surface area (Å²) in [7, 11) is 0. The number of halogens is 3. The number of rotatable bonds is 4. The number of nitrogens with one attached hydrogen (secondary N) is 1. The van der Waals surface area contributed by atoms with E-state index in [4.69, 9.17) is 9.47 Å². The van der Waals surface area contributed by atoms with Crippen molar-refractivity contribution in [2.45, 2.75) is 30.5 Å². The van der Waals surface area contributed by atoms with Crippen LogP contribution in [0.15, 0.2) is 60.8 Å². The van der Waals surface area contributed by atoms with E-state index in [0.717, 1.165) is 35.5 Å². The summed E-state index contributed by atoms with van der Waals surface area (Å²) in [6, 6.07) is 13.1. The molecule has 0 saturated carbocycles. The lowest BCUT2D eigenvalue weighted by atomic mass is 10.1. The molecule has 166 valence electrons. The van der Waals surface area contributed by atoms with E-state index in [9.17, 15) is 18.0 Å². The van der Waals surface area contributed by atoms with Crippen LogP contribution in [0.4, 0.5) is 13.2 Å². The van der Waals surface area contributed by atoms with Crippen molar-refractivity contribution < 1.29 is 27.4 Å². The van der Waals surface area contributed by atoms with Gasteiger partial charge in [0, 0.05) is 11.1 Å². The Balaban J connectivity index is 1.25. The van der Waals surface area contributed by atoms with Crippen LogP contribution in [0.1, 0.15) is 22.0 Å². The minimum Gasteiger partial charge on any atom is -0.371 e. The van der Waals surface area contributed by atoms with Gasteiger partial charge < -0.3 is 14.8 Å². The van der Waals surface area contributed by atoms with E-state index in [2.05, 4.69) is 15.6 Å². The van der Waals surface area contributed by atoms with Crippen LogP contribution in [-0.2, 0) is 15.7 Å². The number of fused-ring (bicyclic) bond motifs is 1. The van der Waals surface area contributed by atoms with Gasteiger partial charge in [0.15, 0.2) is 0 Å². The zero-order valence-corrected chi connectivity index (χ0v) is 16.7. The summed E-state index contributed by atoms with van der Waals surface area (Å²) in [6.45, 7) is 0.581. The molecule has 3 aromatic rings. The highest BCUT2D eigenvalue weighted by Gasteiger charge is 2.49. The van der Waals surface area contributed by atoms with Crippen LogP contribution in [-0.4, -0.2) is 52.4 Å². The molecule has 5 rings (SSSR count). The fourth-order valence-electron chi connectivity index (χ4n) is 4.07. The first-order valence-electron chi connectivity index (χ1n) is 10.1. The van der Waals surface area contributed by atoms with Crippen molar-refractivity contribution in [1.29, 1.82) is 0 Å². The van der Waals surface area contributed by atoms with Gasteiger partial charge in [-0.05, 0) is 24.3 Å². The quantitative estimate of drug-likeness (QED) is 0.669. The second kappa shape index (κ2) is 8.03. The molecule has 0 aliphatic carbocycles. The third kappa shape index (κ3) is 3.87. The van der Waals surface area contributed by atoms with Gasteiger partial charge in [-0.25, -0.2) is 4.68 Å². The van der Waals surface area contributed by atoms with Gasteiger partial charge in [-0.15, -0.1) is 5.10 Å². The first kappa shape index (κ1) is 20.7. The molecule has 32 heavy (non-hydrogen) atoms. The molecule has 2 fully saturated rings. The first-order valence-corrected chi connectivity index (χ1v) is 10.1. The van der Waals surface area contributed by atoms with Crippen LogP contribution < -0.4 is 5.32 Å². The smallest absolute Gasteiger partial charge is 0.371 e. The predicted octanol–water partition coefficient (Wildman–Crippen LogP) is 3.10. The van der Waals surface area contributed by atoms with Crippen molar-refractivity contribution >= 4 is 5.91 Å². The topological polar surface area (TPSA) is 78.3 Å². The Morgan fingerprint density at radius 2 is 1.72 bits per heavy atom. The number of hydrogen-bond donors (Lipinski definition) is 1. The Kier molecular flexibility index (Phi) is 5.18. The third-order valence-electron chi connectivity index (χ3n) is 5.74. The molecule has 0 bridgehead atoms. The van der Waals surface area contributed by atoms with Crippen LogP contribution in [0.5, 0.6) is 0 Å². The maximum absolute atomic E-state index is 12.7. The first-order chi connectivity index (χ1) is 15.4. The number of benzene rings is 2. The Hall–Kier alpha value is -3.24. The van der Waals surface area contributed by atoms with E-state index < -0.39 is 23.7 Å². The predicted molar refractivity (Wildman–Crippen MR) is 107 cm³/mol. The Morgan fingerprint density at radius 3 is 2.44 bits per heavy atom. The minimum absolute atomic E-state index is 0.139. The van der Waals surface area contributed by atoms with Crippen molar-refractivity contribution in [3.63, 3.8) is 0 Å². The molecular formula is C22H19F3N4O3. The van der Waals surface area contributed by atoms with Gasteiger partial charge in [-0.1, -0.05) is 35.5 Å². The summed E-state index contributed by atoms with van der Waals surface area (Å²) in [4.78, 5) is 12.5. The molecule has 3 heterocycles. The van der Waals surface area contributed by atoms with Crippen molar-refractivity contribution in [3.8, 4) is 11.3 Å². The number of aromatic nitrogens is 3. The van der Waals surface area contributed by atoms with Crippen LogP contribution in [0.3, 0.4) is 0 Å². The lowest BCUT2D eigenvalue weighted by molar-refractivity contribution is -0.137. The van der Waals surface area contributed by atoms with E-state index in [1.54, 1.807) is 4.68 Å². The zero-order chi connectivity index (χ0) is 22.3. The molecule has 4 atom stereocenters. The molecule has 1 aromatic heterocycles. The largest absolute Gasteiger partial charge is 0.416 e. The number of amides is 1. The standard InChI is InChI=1S/C22H19F3N4O3/c23-22(24,25)15-8-6-14(7-9-15)21(30)26-17-11-31-20-18(12-32-19(17)20)29-10-16(27-28-29)13-4-2-1-3-5-13/h1-10,17-20H,11-12H2,(H,26,30)/t17-,18+,19-,20+/m0/s1. The van der Waals surface area contributed by atoms with Gasteiger partial charge in [-0.2, -0.15) is 13.2 Å². The average Bonchev–Trinajstić information content (AvgIpc) is 3.51. The summed E-state index contributed by atoms with van der Waals surface area (Å²) in [5.41, 5.74) is 1.02. The van der Waals surface area contributed by atoms with Gasteiger partial charge in [-0.3, -0.25) is 4.79 Å². The molecule has 10 heteroatoms. The molecule has 2 aliphatic heterocycles.